The number of nitro groups is 1. The Labute approximate surface area is 160 Å². The van der Waals surface area contributed by atoms with Gasteiger partial charge in [-0.3, -0.25) is 19.7 Å². The van der Waals surface area contributed by atoms with E-state index >= 15 is 0 Å². The van der Waals surface area contributed by atoms with Crippen LogP contribution in [-0.4, -0.2) is 23.8 Å². The molecule has 8 heteroatoms. The quantitative estimate of drug-likeness (QED) is 0.467. The molecule has 2 N–H and O–H groups in total. The summed E-state index contributed by atoms with van der Waals surface area (Å²) >= 11 is 1.46. The van der Waals surface area contributed by atoms with Gasteiger partial charge in [-0.2, -0.15) is 0 Å². The summed E-state index contributed by atoms with van der Waals surface area (Å²) in [6.07, 6.45) is 6.84. The maximum atomic E-state index is 12.3. The third-order valence-corrected chi connectivity index (χ3v) is 5.60. The molecule has 1 aliphatic carbocycles. The molecular formula is C19H19N3O4S. The molecule has 1 aromatic carbocycles. The molecule has 3 rings (SSSR count). The topological polar surface area (TPSA) is 101 Å². The summed E-state index contributed by atoms with van der Waals surface area (Å²) in [6.45, 7) is 0. The lowest BCUT2D eigenvalue weighted by Gasteiger charge is -2.12. The predicted octanol–water partition coefficient (Wildman–Crippen LogP) is 3.55. The average molecular weight is 385 g/mol. The molecule has 0 saturated carbocycles. The molecule has 7 nitrogen and oxygen atoms in total. The van der Waals surface area contributed by atoms with E-state index in [0.717, 1.165) is 36.1 Å². The van der Waals surface area contributed by atoms with Gasteiger partial charge in [-0.1, -0.05) is 0 Å². The number of hydrogen-bond donors (Lipinski definition) is 2. The number of anilines is 1. The van der Waals surface area contributed by atoms with Crippen molar-refractivity contribution in [3.8, 4) is 0 Å². The molecule has 1 heterocycles. The van der Waals surface area contributed by atoms with Crippen LogP contribution in [0.5, 0.6) is 0 Å². The zero-order valence-corrected chi connectivity index (χ0v) is 15.6. The van der Waals surface area contributed by atoms with Crippen molar-refractivity contribution < 1.29 is 14.5 Å². The van der Waals surface area contributed by atoms with Gasteiger partial charge in [-0.25, -0.2) is 0 Å². The molecule has 0 spiro atoms. The van der Waals surface area contributed by atoms with Crippen molar-refractivity contribution >= 4 is 39.9 Å². The zero-order valence-electron chi connectivity index (χ0n) is 14.8. The standard InChI is InChI=1S/C19H19N3O4S/c1-20-18(24)17-14-4-2-3-5-15(14)27-19(17)21-16(23)11-8-12-6-9-13(10-7-12)22(25)26/h6-11H,2-5H2,1H3,(H,20,24)(H,21,23). The van der Waals surface area contributed by atoms with Crippen molar-refractivity contribution in [2.75, 3.05) is 12.4 Å². The third-order valence-electron chi connectivity index (χ3n) is 4.39. The summed E-state index contributed by atoms with van der Waals surface area (Å²) in [7, 11) is 1.58. The molecule has 0 bridgehead atoms. The van der Waals surface area contributed by atoms with Gasteiger partial charge < -0.3 is 10.6 Å². The van der Waals surface area contributed by atoms with E-state index in [1.807, 2.05) is 0 Å². The van der Waals surface area contributed by atoms with E-state index in [1.54, 1.807) is 25.3 Å². The van der Waals surface area contributed by atoms with E-state index in [0.29, 0.717) is 16.1 Å². The normalized spacial score (nSPS) is 13.2. The molecule has 0 unspecified atom stereocenters. The molecule has 0 aliphatic heterocycles. The van der Waals surface area contributed by atoms with Crippen molar-refractivity contribution in [2.45, 2.75) is 25.7 Å². The highest BCUT2D eigenvalue weighted by Gasteiger charge is 2.25. The molecule has 0 radical (unpaired) electrons. The molecule has 140 valence electrons. The Morgan fingerprint density at radius 1 is 1.19 bits per heavy atom. The zero-order chi connectivity index (χ0) is 19.4. The fraction of sp³-hybridized carbons (Fsp3) is 0.263. The van der Waals surface area contributed by atoms with Gasteiger partial charge in [0.25, 0.3) is 11.6 Å². The molecule has 1 aromatic heterocycles. The number of benzene rings is 1. The van der Waals surface area contributed by atoms with Gasteiger partial charge in [0.15, 0.2) is 0 Å². The molecule has 2 aromatic rings. The van der Waals surface area contributed by atoms with Crippen LogP contribution in [0.1, 0.15) is 39.2 Å². The minimum Gasteiger partial charge on any atom is -0.355 e. The van der Waals surface area contributed by atoms with Crippen molar-refractivity contribution in [1.29, 1.82) is 0 Å². The van der Waals surface area contributed by atoms with E-state index in [9.17, 15) is 19.7 Å². The van der Waals surface area contributed by atoms with Crippen molar-refractivity contribution in [1.82, 2.24) is 5.32 Å². The highest BCUT2D eigenvalue weighted by molar-refractivity contribution is 7.17. The van der Waals surface area contributed by atoms with E-state index in [-0.39, 0.29) is 17.5 Å². The Balaban J connectivity index is 1.76. The van der Waals surface area contributed by atoms with Gasteiger partial charge in [-0.15, -0.1) is 11.3 Å². The first-order valence-electron chi connectivity index (χ1n) is 8.59. The number of amides is 2. The van der Waals surface area contributed by atoms with Crippen LogP contribution in [0.2, 0.25) is 0 Å². The largest absolute Gasteiger partial charge is 0.355 e. The monoisotopic (exact) mass is 385 g/mol. The molecule has 0 fully saturated rings. The summed E-state index contributed by atoms with van der Waals surface area (Å²) in [4.78, 5) is 35.9. The fourth-order valence-electron chi connectivity index (χ4n) is 3.05. The van der Waals surface area contributed by atoms with Gasteiger partial charge >= 0.3 is 0 Å². The number of carbonyl (C=O) groups is 2. The molecule has 27 heavy (non-hydrogen) atoms. The van der Waals surface area contributed by atoms with Crippen LogP contribution in [-0.2, 0) is 17.6 Å². The van der Waals surface area contributed by atoms with Gasteiger partial charge in [0, 0.05) is 30.1 Å². The second kappa shape index (κ2) is 8.13. The second-order valence-electron chi connectivity index (χ2n) is 6.17. The lowest BCUT2D eigenvalue weighted by molar-refractivity contribution is -0.384. The van der Waals surface area contributed by atoms with Crippen molar-refractivity contribution in [3.05, 3.63) is 62.0 Å². The number of nitrogens with zero attached hydrogens (tertiary/aromatic N) is 1. The first-order valence-corrected chi connectivity index (χ1v) is 9.41. The number of rotatable bonds is 5. The molecule has 2 amide bonds. The van der Waals surface area contributed by atoms with Gasteiger partial charge in [-0.05, 0) is 55.0 Å². The third kappa shape index (κ3) is 4.22. The van der Waals surface area contributed by atoms with Crippen LogP contribution >= 0.6 is 11.3 Å². The first-order chi connectivity index (χ1) is 13.0. The number of nitrogens with one attached hydrogen (secondary N) is 2. The van der Waals surface area contributed by atoms with E-state index in [4.69, 9.17) is 0 Å². The maximum absolute atomic E-state index is 12.3. The number of carbonyl (C=O) groups excluding carboxylic acids is 2. The Morgan fingerprint density at radius 3 is 2.56 bits per heavy atom. The Morgan fingerprint density at radius 2 is 1.89 bits per heavy atom. The van der Waals surface area contributed by atoms with E-state index in [1.165, 1.54) is 29.5 Å². The molecular weight excluding hydrogens is 366 g/mol. The summed E-state index contributed by atoms with van der Waals surface area (Å²) in [5.74, 6) is -0.541. The molecule has 1 aliphatic rings. The minimum atomic E-state index is -0.473. The minimum absolute atomic E-state index is 0.00372. The number of aryl methyl sites for hydroxylation is 1. The van der Waals surface area contributed by atoms with Crippen molar-refractivity contribution in [3.63, 3.8) is 0 Å². The molecule has 0 saturated heterocycles. The summed E-state index contributed by atoms with van der Waals surface area (Å²) in [6, 6.07) is 5.91. The van der Waals surface area contributed by atoms with Crippen molar-refractivity contribution in [2.24, 2.45) is 0 Å². The highest BCUT2D eigenvalue weighted by Crippen LogP contribution is 2.38. The van der Waals surface area contributed by atoms with E-state index in [2.05, 4.69) is 10.6 Å². The van der Waals surface area contributed by atoms with Gasteiger partial charge in [0.2, 0.25) is 5.91 Å². The average Bonchev–Trinajstić information content (AvgIpc) is 3.03. The summed E-state index contributed by atoms with van der Waals surface area (Å²) in [5.41, 5.74) is 2.28. The Kier molecular flexibility index (Phi) is 5.66. The number of thiophene rings is 1. The first kappa shape index (κ1) is 18.8. The van der Waals surface area contributed by atoms with Crippen LogP contribution in [0.4, 0.5) is 10.7 Å². The number of nitro benzene ring substituents is 1. The summed E-state index contributed by atoms with van der Waals surface area (Å²) < 4.78 is 0. The van der Waals surface area contributed by atoms with Crippen LogP contribution in [0, 0.1) is 10.1 Å². The van der Waals surface area contributed by atoms with Crippen LogP contribution in [0.25, 0.3) is 6.08 Å². The summed E-state index contributed by atoms with van der Waals surface area (Å²) in [5, 5.41) is 16.7. The maximum Gasteiger partial charge on any atom is 0.269 e. The SMILES string of the molecule is CNC(=O)c1c(NC(=O)C=Cc2ccc([N+](=O)[O-])cc2)sc2c1CCCC2. The van der Waals surface area contributed by atoms with Crippen LogP contribution < -0.4 is 10.6 Å². The second-order valence-corrected chi connectivity index (χ2v) is 7.27. The highest BCUT2D eigenvalue weighted by atomic mass is 32.1. The van der Waals surface area contributed by atoms with Crippen LogP contribution in [0.3, 0.4) is 0 Å². The van der Waals surface area contributed by atoms with Gasteiger partial charge in [0.05, 0.1) is 10.5 Å². The number of non-ortho nitro benzene ring substituents is 1. The van der Waals surface area contributed by atoms with Gasteiger partial charge in [0.1, 0.15) is 5.00 Å². The lowest BCUT2D eigenvalue weighted by atomic mass is 9.95. The lowest BCUT2D eigenvalue weighted by Crippen LogP contribution is -2.21. The number of fused-ring (bicyclic) bond motifs is 1. The fourth-order valence-corrected chi connectivity index (χ4v) is 4.34. The van der Waals surface area contributed by atoms with E-state index < -0.39 is 4.92 Å². The Hall–Kier alpha value is -3.00. The smallest absolute Gasteiger partial charge is 0.269 e. The van der Waals surface area contributed by atoms with Crippen LogP contribution in [0.15, 0.2) is 30.3 Å². The predicted molar refractivity (Wildman–Crippen MR) is 105 cm³/mol. The Bertz CT molecular complexity index is 916. The number of hydrogen-bond acceptors (Lipinski definition) is 5. The molecule has 0 atom stereocenters.